The third-order valence-electron chi connectivity index (χ3n) is 2.70. The van der Waals surface area contributed by atoms with Gasteiger partial charge in [-0.25, -0.2) is 0 Å². The Morgan fingerprint density at radius 1 is 1.37 bits per heavy atom. The number of rotatable bonds is 9. The zero-order valence-electron chi connectivity index (χ0n) is 11.3. The Morgan fingerprint density at radius 2 is 2.05 bits per heavy atom. The summed E-state index contributed by atoms with van der Waals surface area (Å²) in [7, 11) is 0. The lowest BCUT2D eigenvalue weighted by Crippen LogP contribution is -1.98. The van der Waals surface area contributed by atoms with Crippen LogP contribution < -0.4 is 4.74 Å². The third-order valence-corrected chi connectivity index (χ3v) is 3.84. The molecule has 0 aliphatic rings. The van der Waals surface area contributed by atoms with Crippen molar-refractivity contribution in [1.82, 2.24) is 0 Å². The van der Waals surface area contributed by atoms with Gasteiger partial charge in [-0.3, -0.25) is 14.9 Å². The van der Waals surface area contributed by atoms with Crippen molar-refractivity contribution in [2.75, 3.05) is 6.61 Å². The number of ether oxygens (including phenoxy) is 1. The summed E-state index contributed by atoms with van der Waals surface area (Å²) in [5.74, 6) is -0.175. The van der Waals surface area contributed by atoms with Crippen molar-refractivity contribution in [3.63, 3.8) is 0 Å². The Morgan fingerprint density at radius 3 is 2.63 bits per heavy atom. The molecule has 1 aromatic rings. The number of ketones is 1. The summed E-state index contributed by atoms with van der Waals surface area (Å²) in [4.78, 5) is 21.9. The minimum Gasteiger partial charge on any atom is -0.479 e. The predicted molar refractivity (Wildman–Crippen MR) is 75.2 cm³/mol. The highest BCUT2D eigenvalue weighted by molar-refractivity contribution is 7.16. The molecule has 0 saturated carbocycles. The standard InChI is InChI=1S/C13H19NO4S/c1-3-4-5-6-7-8-18-13-11(14(16)17)9-12(19-13)10(2)15/h9H,3-8H2,1-2H3. The summed E-state index contributed by atoms with van der Waals surface area (Å²) in [6, 6.07) is 1.29. The van der Waals surface area contributed by atoms with Gasteiger partial charge in [0.25, 0.3) is 5.06 Å². The second kappa shape index (κ2) is 7.89. The van der Waals surface area contributed by atoms with Crippen LogP contribution in [0.15, 0.2) is 6.07 Å². The Hall–Kier alpha value is -1.43. The highest BCUT2D eigenvalue weighted by atomic mass is 32.1. The van der Waals surface area contributed by atoms with E-state index in [4.69, 9.17) is 4.74 Å². The maximum Gasteiger partial charge on any atom is 0.323 e. The smallest absolute Gasteiger partial charge is 0.323 e. The summed E-state index contributed by atoms with van der Waals surface area (Å²) in [6.45, 7) is 4.00. The van der Waals surface area contributed by atoms with Crippen molar-refractivity contribution in [3.8, 4) is 5.06 Å². The molecule has 0 unspecified atom stereocenters. The number of thiophene rings is 1. The number of carbonyl (C=O) groups excluding carboxylic acids is 1. The molecule has 1 heterocycles. The van der Waals surface area contributed by atoms with Crippen LogP contribution in [0.1, 0.15) is 55.6 Å². The van der Waals surface area contributed by atoms with Crippen molar-refractivity contribution in [1.29, 1.82) is 0 Å². The van der Waals surface area contributed by atoms with Crippen molar-refractivity contribution < 1.29 is 14.5 Å². The quantitative estimate of drug-likeness (QED) is 0.295. The highest BCUT2D eigenvalue weighted by Crippen LogP contribution is 2.37. The molecule has 0 spiro atoms. The fourth-order valence-corrected chi connectivity index (χ4v) is 2.53. The Balaban J connectivity index is 2.52. The van der Waals surface area contributed by atoms with Crippen LogP contribution in [0.25, 0.3) is 0 Å². The van der Waals surface area contributed by atoms with Gasteiger partial charge in [0.15, 0.2) is 5.78 Å². The highest BCUT2D eigenvalue weighted by Gasteiger charge is 2.22. The number of unbranched alkanes of at least 4 members (excludes halogenated alkanes) is 4. The number of nitrogens with zero attached hydrogens (tertiary/aromatic N) is 1. The van der Waals surface area contributed by atoms with Gasteiger partial charge in [0.05, 0.1) is 16.4 Å². The summed E-state index contributed by atoms with van der Waals surface area (Å²) in [5, 5.41) is 11.1. The fourth-order valence-electron chi connectivity index (χ4n) is 1.64. The van der Waals surface area contributed by atoms with Crippen molar-refractivity contribution in [2.45, 2.75) is 46.0 Å². The van der Waals surface area contributed by atoms with E-state index in [0.717, 1.165) is 30.6 Å². The Labute approximate surface area is 116 Å². The lowest BCUT2D eigenvalue weighted by molar-refractivity contribution is -0.385. The van der Waals surface area contributed by atoms with Crippen LogP contribution in [0.5, 0.6) is 5.06 Å². The number of Topliss-reactive ketones (excluding diaryl/α,β-unsaturated/α-hetero) is 1. The number of nitro groups is 1. The molecule has 0 aromatic carbocycles. The minimum absolute atomic E-state index is 0.108. The summed E-state index contributed by atoms with van der Waals surface area (Å²) < 4.78 is 5.43. The normalized spacial score (nSPS) is 10.4. The number of hydrogen-bond donors (Lipinski definition) is 0. The van der Waals surface area contributed by atoms with Crippen LogP contribution in [0.4, 0.5) is 5.69 Å². The molecule has 0 saturated heterocycles. The molecular formula is C13H19NO4S. The van der Waals surface area contributed by atoms with Crippen LogP contribution in [0, 0.1) is 10.1 Å². The van der Waals surface area contributed by atoms with E-state index in [9.17, 15) is 14.9 Å². The van der Waals surface area contributed by atoms with Crippen LogP contribution in [0.3, 0.4) is 0 Å². The first-order valence-electron chi connectivity index (χ1n) is 6.48. The summed E-state index contributed by atoms with van der Waals surface area (Å²) in [6.07, 6.45) is 5.48. The van der Waals surface area contributed by atoms with Gasteiger partial charge in [0, 0.05) is 6.07 Å². The first-order valence-corrected chi connectivity index (χ1v) is 7.29. The van der Waals surface area contributed by atoms with E-state index in [1.807, 2.05) is 0 Å². The topological polar surface area (TPSA) is 69.4 Å². The van der Waals surface area contributed by atoms with Crippen molar-refractivity contribution in [2.24, 2.45) is 0 Å². The zero-order valence-corrected chi connectivity index (χ0v) is 12.1. The molecule has 0 fully saturated rings. The van der Waals surface area contributed by atoms with E-state index in [0.29, 0.717) is 11.5 Å². The second-order valence-corrected chi connectivity index (χ2v) is 5.37. The van der Waals surface area contributed by atoms with Gasteiger partial charge >= 0.3 is 5.69 Å². The van der Waals surface area contributed by atoms with E-state index in [1.54, 1.807) is 0 Å². The molecule has 0 amide bonds. The minimum atomic E-state index is -0.505. The van der Waals surface area contributed by atoms with Crippen molar-refractivity contribution in [3.05, 3.63) is 21.1 Å². The Kier molecular flexibility index (Phi) is 6.49. The monoisotopic (exact) mass is 285 g/mol. The van der Waals surface area contributed by atoms with Crippen molar-refractivity contribution >= 4 is 22.8 Å². The van der Waals surface area contributed by atoms with Gasteiger partial charge in [-0.2, -0.15) is 0 Å². The zero-order chi connectivity index (χ0) is 14.3. The number of carbonyl (C=O) groups is 1. The predicted octanol–water partition coefficient (Wildman–Crippen LogP) is 4.21. The van der Waals surface area contributed by atoms with Gasteiger partial charge in [-0.15, -0.1) is 0 Å². The molecule has 5 nitrogen and oxygen atoms in total. The molecule has 1 rings (SSSR count). The SMILES string of the molecule is CCCCCCCOc1sc(C(C)=O)cc1[N+](=O)[O-]. The van der Waals surface area contributed by atoms with Crippen LogP contribution in [-0.2, 0) is 0 Å². The van der Waals surface area contributed by atoms with E-state index in [2.05, 4.69) is 6.92 Å². The number of hydrogen-bond acceptors (Lipinski definition) is 5. The fraction of sp³-hybridized carbons (Fsp3) is 0.615. The molecule has 0 bridgehead atoms. The van der Waals surface area contributed by atoms with Gasteiger partial charge in [0.1, 0.15) is 0 Å². The molecule has 0 N–H and O–H groups in total. The molecule has 0 atom stereocenters. The van der Waals surface area contributed by atoms with Gasteiger partial charge in [0.2, 0.25) is 0 Å². The van der Waals surface area contributed by atoms with E-state index >= 15 is 0 Å². The molecule has 1 aromatic heterocycles. The molecule has 19 heavy (non-hydrogen) atoms. The van der Waals surface area contributed by atoms with E-state index < -0.39 is 4.92 Å². The van der Waals surface area contributed by atoms with Crippen LogP contribution >= 0.6 is 11.3 Å². The first kappa shape index (κ1) is 15.6. The van der Waals surface area contributed by atoms with Crippen LogP contribution in [0.2, 0.25) is 0 Å². The molecular weight excluding hydrogens is 266 g/mol. The third kappa shape index (κ3) is 4.98. The molecule has 0 aliphatic carbocycles. The summed E-state index contributed by atoms with van der Waals surface area (Å²) in [5.41, 5.74) is -0.108. The maximum absolute atomic E-state index is 11.2. The lowest BCUT2D eigenvalue weighted by Gasteiger charge is -2.02. The molecule has 106 valence electrons. The van der Waals surface area contributed by atoms with E-state index in [1.165, 1.54) is 25.8 Å². The Bertz CT molecular complexity index is 442. The van der Waals surface area contributed by atoms with Gasteiger partial charge in [-0.1, -0.05) is 43.9 Å². The lowest BCUT2D eigenvalue weighted by atomic mass is 10.2. The largest absolute Gasteiger partial charge is 0.479 e. The second-order valence-electron chi connectivity index (χ2n) is 4.36. The molecule has 6 heteroatoms. The van der Waals surface area contributed by atoms with Crippen LogP contribution in [-0.4, -0.2) is 17.3 Å². The molecule has 0 aliphatic heterocycles. The maximum atomic E-state index is 11.2. The first-order chi connectivity index (χ1) is 9.06. The summed E-state index contributed by atoms with van der Waals surface area (Å²) >= 11 is 1.05. The average molecular weight is 285 g/mol. The average Bonchev–Trinajstić information content (AvgIpc) is 2.78. The van der Waals surface area contributed by atoms with Gasteiger partial charge in [-0.05, 0) is 13.3 Å². The van der Waals surface area contributed by atoms with E-state index in [-0.39, 0.29) is 16.5 Å². The molecule has 0 radical (unpaired) electrons. The van der Waals surface area contributed by atoms with Gasteiger partial charge < -0.3 is 4.74 Å².